The average molecular weight is 291 g/mol. The maximum Gasteiger partial charge on any atom is 0.0127 e. The molecule has 0 spiro atoms. The number of benzene rings is 2. The molecule has 1 heteroatoms. The van der Waals surface area contributed by atoms with E-state index >= 15 is 0 Å². The van der Waals surface area contributed by atoms with E-state index in [-0.39, 0.29) is 0 Å². The van der Waals surface area contributed by atoms with Crippen molar-refractivity contribution < 1.29 is 0 Å². The molecule has 0 unspecified atom stereocenters. The van der Waals surface area contributed by atoms with Crippen LogP contribution in [0, 0.1) is 12.8 Å². The largest absolute Gasteiger partial charge is 0.303 e. The number of aryl methyl sites for hydroxylation is 1. The molecule has 1 saturated heterocycles. The van der Waals surface area contributed by atoms with Crippen LogP contribution in [0.2, 0.25) is 0 Å². The van der Waals surface area contributed by atoms with Crippen LogP contribution in [0.5, 0.6) is 0 Å². The van der Waals surface area contributed by atoms with Gasteiger partial charge in [0.2, 0.25) is 0 Å². The molecule has 2 aromatic rings. The van der Waals surface area contributed by atoms with Gasteiger partial charge in [-0.05, 0) is 49.0 Å². The number of likely N-dealkylation sites (N-methyl/N-ethyl adjacent to an activating group) is 1. The highest BCUT2D eigenvalue weighted by molar-refractivity contribution is 5.47. The number of hydrogen-bond donors (Lipinski definition) is 0. The van der Waals surface area contributed by atoms with Crippen LogP contribution in [0.3, 0.4) is 0 Å². The van der Waals surface area contributed by atoms with Crippen molar-refractivity contribution in [2.45, 2.75) is 32.1 Å². The van der Waals surface area contributed by atoms with E-state index < -0.39 is 0 Å². The van der Waals surface area contributed by atoms with Crippen molar-refractivity contribution in [2.24, 2.45) is 5.92 Å². The first-order valence-corrected chi connectivity index (χ1v) is 8.65. The fourth-order valence-corrected chi connectivity index (χ4v) is 4.62. The third-order valence-corrected chi connectivity index (χ3v) is 5.79. The van der Waals surface area contributed by atoms with Gasteiger partial charge in [-0.3, -0.25) is 0 Å². The highest BCUT2D eigenvalue weighted by Gasteiger charge is 2.43. The lowest BCUT2D eigenvalue weighted by Gasteiger charge is -2.37. The fourth-order valence-electron chi connectivity index (χ4n) is 4.62. The summed E-state index contributed by atoms with van der Waals surface area (Å²) in [7, 11) is 0. The summed E-state index contributed by atoms with van der Waals surface area (Å²) in [5.41, 5.74) is 6.05. The Morgan fingerprint density at radius 1 is 1.00 bits per heavy atom. The van der Waals surface area contributed by atoms with Crippen molar-refractivity contribution >= 4 is 0 Å². The minimum Gasteiger partial charge on any atom is -0.303 e. The zero-order chi connectivity index (χ0) is 15.1. The second-order valence-corrected chi connectivity index (χ2v) is 6.97. The number of nitrogens with zero attached hydrogens (tertiary/aromatic N) is 1. The van der Waals surface area contributed by atoms with Gasteiger partial charge >= 0.3 is 0 Å². The van der Waals surface area contributed by atoms with E-state index in [0.717, 1.165) is 11.8 Å². The molecule has 0 bridgehead atoms. The van der Waals surface area contributed by atoms with E-state index in [4.69, 9.17) is 0 Å². The normalized spacial score (nSPS) is 27.5. The Morgan fingerprint density at radius 2 is 1.73 bits per heavy atom. The third-order valence-electron chi connectivity index (χ3n) is 5.79. The molecule has 2 aliphatic rings. The van der Waals surface area contributed by atoms with E-state index in [0.29, 0.717) is 5.92 Å². The van der Waals surface area contributed by atoms with Crippen molar-refractivity contribution in [1.29, 1.82) is 0 Å². The SMILES string of the molecule is CCN1CC[C@H]2[C@@H](c3ccc(C)cc3)c3ccccc3[C@H]2C1. The fraction of sp³-hybridized carbons (Fsp3) is 0.429. The highest BCUT2D eigenvalue weighted by Crippen LogP contribution is 2.52. The second-order valence-electron chi connectivity index (χ2n) is 6.97. The van der Waals surface area contributed by atoms with Crippen LogP contribution in [0.1, 0.15) is 47.4 Å². The molecule has 0 amide bonds. The van der Waals surface area contributed by atoms with Gasteiger partial charge in [-0.1, -0.05) is 61.0 Å². The van der Waals surface area contributed by atoms with E-state index in [1.165, 1.54) is 37.2 Å². The van der Waals surface area contributed by atoms with E-state index in [9.17, 15) is 0 Å². The van der Waals surface area contributed by atoms with Crippen molar-refractivity contribution in [3.8, 4) is 0 Å². The molecule has 1 nitrogen and oxygen atoms in total. The summed E-state index contributed by atoms with van der Waals surface area (Å²) in [6, 6.07) is 18.4. The van der Waals surface area contributed by atoms with Gasteiger partial charge in [-0.15, -0.1) is 0 Å². The zero-order valence-electron chi connectivity index (χ0n) is 13.6. The second kappa shape index (κ2) is 5.55. The predicted molar refractivity (Wildman–Crippen MR) is 92.4 cm³/mol. The Balaban J connectivity index is 1.77. The van der Waals surface area contributed by atoms with Gasteiger partial charge in [-0.25, -0.2) is 0 Å². The minimum atomic E-state index is 0.598. The summed E-state index contributed by atoms with van der Waals surface area (Å²) in [6.45, 7) is 8.14. The van der Waals surface area contributed by atoms with Crippen molar-refractivity contribution in [3.63, 3.8) is 0 Å². The lowest BCUT2D eigenvalue weighted by molar-refractivity contribution is 0.167. The van der Waals surface area contributed by atoms with Gasteiger partial charge in [0.25, 0.3) is 0 Å². The Kier molecular flexibility index (Phi) is 3.54. The molecule has 2 aromatic carbocycles. The molecule has 3 atom stereocenters. The maximum absolute atomic E-state index is 2.62. The van der Waals surface area contributed by atoms with Crippen LogP contribution < -0.4 is 0 Å². The number of hydrogen-bond acceptors (Lipinski definition) is 1. The molecule has 1 heterocycles. The molecule has 0 saturated carbocycles. The Hall–Kier alpha value is -1.60. The Bertz CT molecular complexity index is 658. The Labute approximate surface area is 134 Å². The molecular weight excluding hydrogens is 266 g/mol. The Morgan fingerprint density at radius 3 is 2.45 bits per heavy atom. The zero-order valence-corrected chi connectivity index (χ0v) is 13.6. The number of piperidine rings is 1. The van der Waals surface area contributed by atoms with Crippen LogP contribution in [-0.2, 0) is 0 Å². The predicted octanol–water partition coefficient (Wildman–Crippen LogP) is 4.57. The molecular formula is C21H25N. The lowest BCUT2D eigenvalue weighted by atomic mass is 9.78. The molecule has 114 valence electrons. The molecule has 0 aromatic heterocycles. The van der Waals surface area contributed by atoms with Gasteiger partial charge in [0, 0.05) is 18.4 Å². The summed E-state index contributed by atoms with van der Waals surface area (Å²) >= 11 is 0. The van der Waals surface area contributed by atoms with Gasteiger partial charge in [0.15, 0.2) is 0 Å². The van der Waals surface area contributed by atoms with Crippen molar-refractivity contribution in [2.75, 3.05) is 19.6 Å². The third kappa shape index (κ3) is 2.19. The summed E-state index contributed by atoms with van der Waals surface area (Å²) < 4.78 is 0. The highest BCUT2D eigenvalue weighted by atomic mass is 15.1. The summed E-state index contributed by atoms with van der Waals surface area (Å²) in [5.74, 6) is 2.10. The molecule has 1 fully saturated rings. The van der Waals surface area contributed by atoms with Crippen LogP contribution in [0.15, 0.2) is 48.5 Å². The smallest absolute Gasteiger partial charge is 0.0127 e. The van der Waals surface area contributed by atoms with Crippen LogP contribution in [0.25, 0.3) is 0 Å². The molecule has 1 aliphatic heterocycles. The molecule has 22 heavy (non-hydrogen) atoms. The standard InChI is InChI=1S/C21H25N/c1-3-22-13-12-19-20(14-22)17-6-4-5-7-18(17)21(19)16-10-8-15(2)9-11-16/h4-11,19-21H,3,12-14H2,1-2H3/t19-,20-,21+/m1/s1. The van der Waals surface area contributed by atoms with Gasteiger partial charge in [0.1, 0.15) is 0 Å². The van der Waals surface area contributed by atoms with Crippen LogP contribution in [-0.4, -0.2) is 24.5 Å². The van der Waals surface area contributed by atoms with Crippen LogP contribution >= 0.6 is 0 Å². The van der Waals surface area contributed by atoms with Crippen LogP contribution in [0.4, 0.5) is 0 Å². The summed E-state index contributed by atoms with van der Waals surface area (Å²) in [4.78, 5) is 2.62. The summed E-state index contributed by atoms with van der Waals surface area (Å²) in [6.07, 6.45) is 1.33. The lowest BCUT2D eigenvalue weighted by Crippen LogP contribution is -2.38. The number of rotatable bonds is 2. The monoisotopic (exact) mass is 291 g/mol. The molecule has 4 rings (SSSR count). The first kappa shape index (κ1) is 14.0. The minimum absolute atomic E-state index is 0.598. The first-order chi connectivity index (χ1) is 10.8. The van der Waals surface area contributed by atoms with Gasteiger partial charge in [-0.2, -0.15) is 0 Å². The number of likely N-dealkylation sites (tertiary alicyclic amines) is 1. The molecule has 0 N–H and O–H groups in total. The maximum atomic E-state index is 2.62. The van der Waals surface area contributed by atoms with Crippen molar-refractivity contribution in [3.05, 3.63) is 70.8 Å². The van der Waals surface area contributed by atoms with E-state index in [2.05, 4.69) is 67.3 Å². The quantitative estimate of drug-likeness (QED) is 0.783. The summed E-state index contributed by atoms with van der Waals surface area (Å²) in [5, 5.41) is 0. The van der Waals surface area contributed by atoms with Gasteiger partial charge in [0.05, 0.1) is 0 Å². The topological polar surface area (TPSA) is 3.24 Å². The molecule has 1 aliphatic carbocycles. The van der Waals surface area contributed by atoms with E-state index in [1.54, 1.807) is 11.1 Å². The molecule has 0 radical (unpaired) electrons. The first-order valence-electron chi connectivity index (χ1n) is 8.65. The van der Waals surface area contributed by atoms with Gasteiger partial charge < -0.3 is 4.90 Å². The van der Waals surface area contributed by atoms with Crippen molar-refractivity contribution in [1.82, 2.24) is 4.90 Å². The number of fused-ring (bicyclic) bond motifs is 3. The average Bonchev–Trinajstić information content (AvgIpc) is 2.89. The van der Waals surface area contributed by atoms with E-state index in [1.807, 2.05) is 0 Å².